The van der Waals surface area contributed by atoms with E-state index in [-0.39, 0.29) is 18.8 Å². The van der Waals surface area contributed by atoms with Crippen molar-refractivity contribution in [1.29, 1.82) is 0 Å². The smallest absolute Gasteiger partial charge is 0.325 e. The van der Waals surface area contributed by atoms with Crippen LogP contribution in [0, 0.1) is 10.1 Å². The maximum atomic E-state index is 12.3. The third kappa shape index (κ3) is 2.70. The Kier molecular flexibility index (Phi) is 3.90. The lowest BCUT2D eigenvalue weighted by atomic mass is 10.0. The second-order valence-corrected chi connectivity index (χ2v) is 4.97. The number of rotatable bonds is 5. The van der Waals surface area contributed by atoms with E-state index in [2.05, 4.69) is 5.32 Å². The minimum atomic E-state index is -1.14. The van der Waals surface area contributed by atoms with Gasteiger partial charge in [0.15, 0.2) is 0 Å². The van der Waals surface area contributed by atoms with Crippen LogP contribution >= 0.6 is 0 Å². The number of nitrogens with one attached hydrogen (secondary N) is 1. The van der Waals surface area contributed by atoms with E-state index in [0.717, 1.165) is 4.90 Å². The Morgan fingerprint density at radius 2 is 2.05 bits per heavy atom. The van der Waals surface area contributed by atoms with E-state index in [4.69, 9.17) is 4.74 Å². The maximum absolute atomic E-state index is 12.3. The summed E-state index contributed by atoms with van der Waals surface area (Å²) in [4.78, 5) is 35.6. The Morgan fingerprint density at radius 1 is 1.38 bits per heavy atom. The molecule has 3 amide bonds. The first kappa shape index (κ1) is 14.9. The highest BCUT2D eigenvalue weighted by Gasteiger charge is 2.48. The summed E-state index contributed by atoms with van der Waals surface area (Å²) in [5.74, 6) is -0.465. The zero-order chi connectivity index (χ0) is 15.6. The topological polar surface area (TPSA) is 102 Å². The van der Waals surface area contributed by atoms with Crippen LogP contribution in [-0.4, -0.2) is 41.0 Å². The number of methoxy groups -OCH3 is 1. The Balaban J connectivity index is 2.27. The fraction of sp³-hybridized carbons (Fsp3) is 0.385. The Hall–Kier alpha value is -2.48. The van der Waals surface area contributed by atoms with E-state index in [0.29, 0.717) is 5.56 Å². The van der Waals surface area contributed by atoms with Crippen LogP contribution in [0.25, 0.3) is 0 Å². The lowest BCUT2D eigenvalue weighted by molar-refractivity contribution is -0.385. The van der Waals surface area contributed by atoms with E-state index < -0.39 is 22.4 Å². The van der Waals surface area contributed by atoms with Gasteiger partial charge in [-0.25, -0.2) is 4.79 Å². The van der Waals surface area contributed by atoms with Crippen molar-refractivity contribution in [3.8, 4) is 0 Å². The molecule has 8 nitrogen and oxygen atoms in total. The van der Waals surface area contributed by atoms with Gasteiger partial charge in [-0.05, 0) is 6.92 Å². The number of ether oxygens (including phenoxy) is 1. The van der Waals surface area contributed by atoms with Crippen molar-refractivity contribution in [3.05, 3.63) is 39.9 Å². The first-order valence-electron chi connectivity index (χ1n) is 6.24. The summed E-state index contributed by atoms with van der Waals surface area (Å²) >= 11 is 0. The molecule has 1 aliphatic rings. The second kappa shape index (κ2) is 5.49. The Morgan fingerprint density at radius 3 is 2.67 bits per heavy atom. The zero-order valence-corrected chi connectivity index (χ0v) is 11.7. The fourth-order valence-corrected chi connectivity index (χ4v) is 2.27. The van der Waals surface area contributed by atoms with E-state index in [1.54, 1.807) is 13.0 Å². The monoisotopic (exact) mass is 293 g/mol. The van der Waals surface area contributed by atoms with Gasteiger partial charge in [0.2, 0.25) is 0 Å². The molecule has 0 bridgehead atoms. The van der Waals surface area contributed by atoms with Crippen molar-refractivity contribution in [2.45, 2.75) is 19.0 Å². The molecule has 21 heavy (non-hydrogen) atoms. The van der Waals surface area contributed by atoms with Crippen molar-refractivity contribution in [2.75, 3.05) is 13.7 Å². The van der Waals surface area contributed by atoms with Gasteiger partial charge in [0, 0.05) is 18.7 Å². The van der Waals surface area contributed by atoms with E-state index in [9.17, 15) is 19.7 Å². The number of nitro groups is 1. The van der Waals surface area contributed by atoms with Crippen LogP contribution in [0.15, 0.2) is 24.3 Å². The maximum Gasteiger partial charge on any atom is 0.325 e. The molecule has 0 aliphatic carbocycles. The summed E-state index contributed by atoms with van der Waals surface area (Å²) in [6.45, 7) is 1.43. The highest BCUT2D eigenvalue weighted by atomic mass is 16.6. The van der Waals surface area contributed by atoms with Crippen molar-refractivity contribution < 1.29 is 19.2 Å². The van der Waals surface area contributed by atoms with E-state index >= 15 is 0 Å². The molecule has 0 saturated carbocycles. The van der Waals surface area contributed by atoms with E-state index in [1.807, 2.05) is 0 Å². The lowest BCUT2D eigenvalue weighted by Crippen LogP contribution is -2.47. The van der Waals surface area contributed by atoms with Crippen molar-refractivity contribution >= 4 is 17.6 Å². The fourth-order valence-electron chi connectivity index (χ4n) is 2.27. The average Bonchev–Trinajstić information content (AvgIpc) is 2.63. The molecule has 1 aliphatic heterocycles. The molecule has 1 saturated heterocycles. The molecule has 0 aromatic heterocycles. The van der Waals surface area contributed by atoms with Gasteiger partial charge in [-0.1, -0.05) is 18.2 Å². The molecule has 1 aromatic rings. The van der Waals surface area contributed by atoms with Crippen LogP contribution in [0.2, 0.25) is 0 Å². The lowest BCUT2D eigenvalue weighted by Gasteiger charge is -2.20. The number of nitrogens with zero attached hydrogens (tertiary/aromatic N) is 2. The normalized spacial score (nSPS) is 21.5. The van der Waals surface area contributed by atoms with Gasteiger partial charge < -0.3 is 10.1 Å². The highest BCUT2D eigenvalue weighted by molar-refractivity contribution is 6.06. The standard InChI is InChI=1S/C13H15N3O5/c1-13(8-21-2)11(17)15(12(18)14-13)7-9-5-3-4-6-10(9)16(19)20/h3-6H,7-8H2,1-2H3,(H,14,18). The number of carbonyl (C=O) groups excluding carboxylic acids is 2. The Bertz CT molecular complexity index is 603. The third-order valence-electron chi connectivity index (χ3n) is 3.29. The van der Waals surface area contributed by atoms with Crippen LogP contribution < -0.4 is 5.32 Å². The van der Waals surface area contributed by atoms with Gasteiger partial charge >= 0.3 is 6.03 Å². The number of benzene rings is 1. The van der Waals surface area contributed by atoms with Crippen molar-refractivity contribution in [1.82, 2.24) is 10.2 Å². The summed E-state index contributed by atoms with van der Waals surface area (Å²) < 4.78 is 4.94. The number of amides is 3. The van der Waals surface area contributed by atoms with Gasteiger partial charge in [-0.3, -0.25) is 19.8 Å². The van der Waals surface area contributed by atoms with Crippen LogP contribution in [0.5, 0.6) is 0 Å². The first-order valence-corrected chi connectivity index (χ1v) is 6.24. The van der Waals surface area contributed by atoms with Gasteiger partial charge in [-0.2, -0.15) is 0 Å². The van der Waals surface area contributed by atoms with Crippen molar-refractivity contribution in [3.63, 3.8) is 0 Å². The minimum absolute atomic E-state index is 0.0327. The highest BCUT2D eigenvalue weighted by Crippen LogP contribution is 2.24. The zero-order valence-electron chi connectivity index (χ0n) is 11.7. The first-order chi connectivity index (χ1) is 9.89. The summed E-state index contributed by atoms with van der Waals surface area (Å²) in [7, 11) is 1.43. The van der Waals surface area contributed by atoms with Gasteiger partial charge in [0.1, 0.15) is 5.54 Å². The quantitative estimate of drug-likeness (QED) is 0.496. The van der Waals surface area contributed by atoms with Gasteiger partial charge in [-0.15, -0.1) is 0 Å². The van der Waals surface area contributed by atoms with Crippen LogP contribution in [0.1, 0.15) is 12.5 Å². The average molecular weight is 293 g/mol. The van der Waals surface area contributed by atoms with Crippen LogP contribution in [0.4, 0.5) is 10.5 Å². The summed E-state index contributed by atoms with van der Waals surface area (Å²) in [5, 5.41) is 13.5. The molecule has 8 heteroatoms. The molecule has 1 N–H and O–H groups in total. The second-order valence-electron chi connectivity index (χ2n) is 4.97. The largest absolute Gasteiger partial charge is 0.382 e. The number of urea groups is 1. The predicted octanol–water partition coefficient (Wildman–Crippen LogP) is 1.05. The molecular weight excluding hydrogens is 278 g/mol. The summed E-state index contributed by atoms with van der Waals surface area (Å²) in [5.41, 5.74) is -0.971. The molecule has 112 valence electrons. The molecule has 0 spiro atoms. The minimum Gasteiger partial charge on any atom is -0.382 e. The van der Waals surface area contributed by atoms with Gasteiger partial charge in [0.25, 0.3) is 11.6 Å². The predicted molar refractivity (Wildman–Crippen MR) is 72.5 cm³/mol. The Labute approximate surface area is 120 Å². The SMILES string of the molecule is COCC1(C)NC(=O)N(Cc2ccccc2[N+](=O)[O-])C1=O. The molecule has 2 rings (SSSR count). The van der Waals surface area contributed by atoms with E-state index in [1.165, 1.54) is 25.3 Å². The van der Waals surface area contributed by atoms with Crippen LogP contribution in [-0.2, 0) is 16.1 Å². The molecule has 1 unspecified atom stereocenters. The molecule has 1 aromatic carbocycles. The summed E-state index contributed by atoms with van der Waals surface area (Å²) in [6, 6.07) is 5.42. The number of hydrogen-bond donors (Lipinski definition) is 1. The van der Waals surface area contributed by atoms with Crippen LogP contribution in [0.3, 0.4) is 0 Å². The van der Waals surface area contributed by atoms with Gasteiger partial charge in [0.05, 0.1) is 18.1 Å². The number of nitro benzene ring substituents is 1. The number of para-hydroxylation sites is 1. The third-order valence-corrected chi connectivity index (χ3v) is 3.29. The molecular formula is C13H15N3O5. The molecule has 1 fully saturated rings. The van der Waals surface area contributed by atoms with Crippen molar-refractivity contribution in [2.24, 2.45) is 0 Å². The number of hydrogen-bond acceptors (Lipinski definition) is 5. The molecule has 1 atom stereocenters. The number of carbonyl (C=O) groups is 2. The molecule has 1 heterocycles. The summed E-state index contributed by atoms with van der Waals surface area (Å²) in [6.07, 6.45) is 0. The molecule has 0 radical (unpaired) electrons. The number of imide groups is 1.